The molecule has 0 aromatic heterocycles. The van der Waals surface area contributed by atoms with Crippen molar-refractivity contribution in [3.05, 3.63) is 29.1 Å². The van der Waals surface area contributed by atoms with Crippen molar-refractivity contribution in [2.75, 3.05) is 13.7 Å². The molecule has 1 aliphatic rings. The Kier molecular flexibility index (Phi) is 2.42. The fourth-order valence-corrected chi connectivity index (χ4v) is 2.02. The number of ether oxygens (including phenoxy) is 1. The van der Waals surface area contributed by atoms with E-state index in [2.05, 4.69) is 12.2 Å². The Labute approximate surface area is 83.1 Å². The normalized spacial score (nSPS) is 20.4. The van der Waals surface area contributed by atoms with Crippen LogP contribution in [0.3, 0.4) is 0 Å². The van der Waals surface area contributed by atoms with Crippen LogP contribution in [-0.2, 0) is 6.42 Å². The minimum atomic E-state index is -0.264. The second-order valence-corrected chi connectivity index (χ2v) is 3.57. The Balaban J connectivity index is 2.55. The molecule has 3 heteroatoms. The monoisotopic (exact) mass is 195 g/mol. The van der Waals surface area contributed by atoms with Crippen LogP contribution < -0.4 is 10.1 Å². The second-order valence-electron chi connectivity index (χ2n) is 3.57. The van der Waals surface area contributed by atoms with Crippen molar-refractivity contribution in [1.82, 2.24) is 5.32 Å². The van der Waals surface area contributed by atoms with E-state index in [0.29, 0.717) is 5.75 Å². The highest BCUT2D eigenvalue weighted by atomic mass is 19.1. The first-order valence-electron chi connectivity index (χ1n) is 4.82. The molecule has 1 atom stereocenters. The number of fused-ring (bicyclic) bond motifs is 1. The zero-order chi connectivity index (χ0) is 10.1. The van der Waals surface area contributed by atoms with Crippen LogP contribution in [-0.4, -0.2) is 13.7 Å². The summed E-state index contributed by atoms with van der Waals surface area (Å²) in [5.74, 6) is 0.149. The van der Waals surface area contributed by atoms with Crippen molar-refractivity contribution in [2.45, 2.75) is 19.4 Å². The van der Waals surface area contributed by atoms with E-state index in [9.17, 15) is 4.39 Å². The van der Waals surface area contributed by atoms with E-state index >= 15 is 0 Å². The summed E-state index contributed by atoms with van der Waals surface area (Å²) >= 11 is 0. The predicted octanol–water partition coefficient (Wildman–Crippen LogP) is 2.04. The Bertz CT molecular complexity index is 351. The van der Waals surface area contributed by atoms with Gasteiger partial charge >= 0.3 is 0 Å². The molecule has 1 aromatic rings. The molecule has 0 saturated heterocycles. The Morgan fingerprint density at radius 1 is 1.50 bits per heavy atom. The van der Waals surface area contributed by atoms with E-state index in [1.807, 2.05) is 6.07 Å². The highest BCUT2D eigenvalue weighted by Crippen LogP contribution is 2.32. The average molecular weight is 195 g/mol. The van der Waals surface area contributed by atoms with Gasteiger partial charge in [-0.05, 0) is 31.5 Å². The van der Waals surface area contributed by atoms with E-state index in [1.54, 1.807) is 0 Å². The van der Waals surface area contributed by atoms with Crippen molar-refractivity contribution in [1.29, 1.82) is 0 Å². The Hall–Kier alpha value is -1.09. The summed E-state index contributed by atoms with van der Waals surface area (Å²) < 4.78 is 18.4. The van der Waals surface area contributed by atoms with Gasteiger partial charge in [0.15, 0.2) is 11.6 Å². The van der Waals surface area contributed by atoms with E-state index in [-0.39, 0.29) is 11.9 Å². The smallest absolute Gasteiger partial charge is 0.165 e. The first kappa shape index (κ1) is 9.46. The molecule has 1 heterocycles. The maximum Gasteiger partial charge on any atom is 0.165 e. The fourth-order valence-electron chi connectivity index (χ4n) is 2.02. The fraction of sp³-hybridized carbons (Fsp3) is 0.455. The number of halogens is 1. The van der Waals surface area contributed by atoms with Crippen LogP contribution in [0.15, 0.2) is 12.1 Å². The molecule has 14 heavy (non-hydrogen) atoms. The van der Waals surface area contributed by atoms with E-state index in [4.69, 9.17) is 4.74 Å². The van der Waals surface area contributed by atoms with Gasteiger partial charge in [-0.1, -0.05) is 6.07 Å². The molecule has 2 rings (SSSR count). The van der Waals surface area contributed by atoms with Gasteiger partial charge in [-0.2, -0.15) is 0 Å². The topological polar surface area (TPSA) is 21.3 Å². The van der Waals surface area contributed by atoms with Crippen LogP contribution in [0, 0.1) is 5.82 Å². The van der Waals surface area contributed by atoms with Gasteiger partial charge in [0.05, 0.1) is 7.11 Å². The van der Waals surface area contributed by atoms with Crippen molar-refractivity contribution in [3.8, 4) is 5.75 Å². The third kappa shape index (κ3) is 1.38. The molecular weight excluding hydrogens is 181 g/mol. The summed E-state index contributed by atoms with van der Waals surface area (Å²) in [6.07, 6.45) is 0.834. The maximum absolute atomic E-state index is 13.4. The quantitative estimate of drug-likeness (QED) is 0.740. The van der Waals surface area contributed by atoms with Crippen molar-refractivity contribution >= 4 is 0 Å². The predicted molar refractivity (Wildman–Crippen MR) is 53.1 cm³/mol. The molecular formula is C11H14FNO. The minimum Gasteiger partial charge on any atom is -0.493 e. The van der Waals surface area contributed by atoms with E-state index in [0.717, 1.165) is 24.1 Å². The van der Waals surface area contributed by atoms with Gasteiger partial charge in [0.2, 0.25) is 0 Å². The summed E-state index contributed by atoms with van der Waals surface area (Å²) in [6.45, 7) is 2.96. The minimum absolute atomic E-state index is 0.264. The summed E-state index contributed by atoms with van der Waals surface area (Å²) in [4.78, 5) is 0. The first-order chi connectivity index (χ1) is 6.74. The number of methoxy groups -OCH3 is 1. The van der Waals surface area contributed by atoms with Crippen molar-refractivity contribution < 1.29 is 9.13 Å². The Morgan fingerprint density at radius 3 is 3.00 bits per heavy atom. The van der Waals surface area contributed by atoms with Gasteiger partial charge in [0.1, 0.15) is 0 Å². The van der Waals surface area contributed by atoms with Gasteiger partial charge < -0.3 is 10.1 Å². The van der Waals surface area contributed by atoms with Gasteiger partial charge in [0.25, 0.3) is 0 Å². The van der Waals surface area contributed by atoms with Gasteiger partial charge in [-0.15, -0.1) is 0 Å². The molecule has 2 nitrogen and oxygen atoms in total. The van der Waals surface area contributed by atoms with Crippen LogP contribution in [0.25, 0.3) is 0 Å². The molecule has 0 aliphatic carbocycles. The van der Waals surface area contributed by atoms with Crippen LogP contribution in [0.2, 0.25) is 0 Å². The van der Waals surface area contributed by atoms with Crippen LogP contribution in [0.5, 0.6) is 5.75 Å². The average Bonchev–Trinajstić information content (AvgIpc) is 2.18. The van der Waals surface area contributed by atoms with Gasteiger partial charge in [-0.3, -0.25) is 0 Å². The molecule has 0 saturated carbocycles. The maximum atomic E-state index is 13.4. The third-order valence-corrected chi connectivity index (χ3v) is 2.74. The SMILES string of the molecule is COc1c(F)ccc2c1CCNC2C. The molecule has 0 fully saturated rings. The second kappa shape index (κ2) is 3.58. The number of hydrogen-bond donors (Lipinski definition) is 1. The summed E-state index contributed by atoms with van der Waals surface area (Å²) in [6, 6.07) is 3.60. The molecule has 1 aliphatic heterocycles. The number of nitrogens with one attached hydrogen (secondary N) is 1. The van der Waals surface area contributed by atoms with Crippen molar-refractivity contribution in [2.24, 2.45) is 0 Å². The molecule has 1 unspecified atom stereocenters. The van der Waals surface area contributed by atoms with Crippen molar-refractivity contribution in [3.63, 3.8) is 0 Å². The molecule has 1 aromatic carbocycles. The lowest BCUT2D eigenvalue weighted by atomic mass is 9.94. The van der Waals surface area contributed by atoms with Crippen LogP contribution in [0.4, 0.5) is 4.39 Å². The lowest BCUT2D eigenvalue weighted by molar-refractivity contribution is 0.375. The number of benzene rings is 1. The van der Waals surface area contributed by atoms with Crippen LogP contribution >= 0.6 is 0 Å². The number of hydrogen-bond acceptors (Lipinski definition) is 2. The first-order valence-corrected chi connectivity index (χ1v) is 4.82. The van der Waals surface area contributed by atoms with Gasteiger partial charge in [0, 0.05) is 11.6 Å². The molecule has 0 bridgehead atoms. The zero-order valence-electron chi connectivity index (χ0n) is 8.43. The molecule has 0 radical (unpaired) electrons. The highest BCUT2D eigenvalue weighted by Gasteiger charge is 2.21. The van der Waals surface area contributed by atoms with Crippen LogP contribution in [0.1, 0.15) is 24.1 Å². The van der Waals surface area contributed by atoms with E-state index in [1.165, 1.54) is 13.2 Å². The van der Waals surface area contributed by atoms with Gasteiger partial charge in [-0.25, -0.2) is 4.39 Å². The third-order valence-electron chi connectivity index (χ3n) is 2.74. The lowest BCUT2D eigenvalue weighted by Gasteiger charge is -2.25. The van der Waals surface area contributed by atoms with E-state index < -0.39 is 0 Å². The summed E-state index contributed by atoms with van der Waals surface area (Å²) in [7, 11) is 1.52. The molecule has 0 amide bonds. The zero-order valence-corrected chi connectivity index (χ0v) is 8.43. The summed E-state index contributed by atoms with van der Waals surface area (Å²) in [5.41, 5.74) is 2.16. The summed E-state index contributed by atoms with van der Waals surface area (Å²) in [5, 5.41) is 3.33. The number of rotatable bonds is 1. The molecule has 76 valence electrons. The standard InChI is InChI=1S/C11H14FNO/c1-7-8-3-4-10(12)11(14-2)9(8)5-6-13-7/h3-4,7,13H,5-6H2,1-2H3. The molecule has 0 spiro atoms. The Morgan fingerprint density at radius 2 is 2.29 bits per heavy atom. The lowest BCUT2D eigenvalue weighted by Crippen LogP contribution is -2.28. The largest absolute Gasteiger partial charge is 0.493 e. The highest BCUT2D eigenvalue weighted by molar-refractivity contribution is 5.44. The molecule has 1 N–H and O–H groups in total.